The van der Waals surface area contributed by atoms with Crippen LogP contribution in [0, 0.1) is 0 Å². The van der Waals surface area contributed by atoms with Crippen molar-refractivity contribution in [2.24, 2.45) is 0 Å². The molecule has 6 rings (SSSR count). The highest BCUT2D eigenvalue weighted by atomic mass is 15.1. The second-order valence-electron chi connectivity index (χ2n) is 8.74. The second kappa shape index (κ2) is 9.43. The quantitative estimate of drug-likeness (QED) is 0.261. The van der Waals surface area contributed by atoms with Crippen molar-refractivity contribution in [3.05, 3.63) is 128 Å². The van der Waals surface area contributed by atoms with Crippen LogP contribution < -0.4 is 4.90 Å². The van der Waals surface area contributed by atoms with Crippen molar-refractivity contribution in [3.8, 4) is 33.6 Å². The van der Waals surface area contributed by atoms with Crippen LogP contribution in [-0.4, -0.2) is 22.0 Å². The van der Waals surface area contributed by atoms with Gasteiger partial charge in [0.25, 0.3) is 0 Å². The van der Waals surface area contributed by atoms with Crippen molar-refractivity contribution >= 4 is 22.1 Å². The van der Waals surface area contributed by atoms with Gasteiger partial charge < -0.3 is 4.90 Å². The van der Waals surface area contributed by atoms with Crippen LogP contribution in [0.15, 0.2) is 128 Å². The van der Waals surface area contributed by atoms with Gasteiger partial charge in [-0.15, -0.1) is 0 Å². The highest BCUT2D eigenvalue weighted by Gasteiger charge is 2.10. The minimum absolute atomic E-state index is 0.916. The van der Waals surface area contributed by atoms with Gasteiger partial charge in [0.2, 0.25) is 0 Å². The fourth-order valence-electron chi connectivity index (χ4n) is 4.45. The molecule has 3 aromatic heterocycles. The van der Waals surface area contributed by atoms with Crippen molar-refractivity contribution in [3.63, 3.8) is 0 Å². The molecule has 4 nitrogen and oxygen atoms in total. The summed E-state index contributed by atoms with van der Waals surface area (Å²) in [7, 11) is 2.11. The molecule has 172 valence electrons. The van der Waals surface area contributed by atoms with Crippen LogP contribution in [0.25, 0.3) is 44.4 Å². The van der Waals surface area contributed by atoms with E-state index in [1.54, 1.807) is 24.8 Å². The molecule has 0 aliphatic carbocycles. The first kappa shape index (κ1) is 21.7. The number of nitrogens with zero attached hydrogens (tertiary/aromatic N) is 4. The molecule has 0 fully saturated rings. The lowest BCUT2D eigenvalue weighted by molar-refractivity contribution is 1.21. The average molecular weight is 465 g/mol. The number of aromatic nitrogens is 3. The predicted molar refractivity (Wildman–Crippen MR) is 148 cm³/mol. The Hall–Kier alpha value is -4.83. The second-order valence-corrected chi connectivity index (χ2v) is 8.74. The van der Waals surface area contributed by atoms with E-state index in [4.69, 9.17) is 4.98 Å². The minimum Gasteiger partial charge on any atom is -0.345 e. The summed E-state index contributed by atoms with van der Waals surface area (Å²) < 4.78 is 0. The van der Waals surface area contributed by atoms with Gasteiger partial charge in [0.15, 0.2) is 0 Å². The summed E-state index contributed by atoms with van der Waals surface area (Å²) >= 11 is 0. The zero-order valence-electron chi connectivity index (χ0n) is 19.9. The van der Waals surface area contributed by atoms with E-state index in [0.717, 1.165) is 45.0 Å². The molecule has 0 radical (unpaired) electrons. The van der Waals surface area contributed by atoms with Gasteiger partial charge in [-0.1, -0.05) is 42.5 Å². The third-order valence-electron chi connectivity index (χ3n) is 6.49. The van der Waals surface area contributed by atoms with Crippen LogP contribution in [0.2, 0.25) is 0 Å². The van der Waals surface area contributed by atoms with Crippen LogP contribution in [0.4, 0.5) is 11.4 Å². The average Bonchev–Trinajstić information content (AvgIpc) is 2.97. The zero-order valence-corrected chi connectivity index (χ0v) is 19.9. The number of anilines is 2. The first-order valence-electron chi connectivity index (χ1n) is 11.9. The lowest BCUT2D eigenvalue weighted by Crippen LogP contribution is -2.09. The van der Waals surface area contributed by atoms with Gasteiger partial charge in [-0.3, -0.25) is 9.97 Å². The van der Waals surface area contributed by atoms with Crippen LogP contribution >= 0.6 is 0 Å². The molecular formula is C32H24N4. The van der Waals surface area contributed by atoms with Crippen molar-refractivity contribution < 1.29 is 0 Å². The fraction of sp³-hybridized carbons (Fsp3) is 0.0312. The fourth-order valence-corrected chi connectivity index (χ4v) is 4.45. The number of pyridine rings is 3. The molecule has 4 heteroatoms. The molecule has 6 aromatic rings. The molecule has 0 N–H and O–H groups in total. The molecule has 0 unspecified atom stereocenters. The monoisotopic (exact) mass is 464 g/mol. The van der Waals surface area contributed by atoms with Crippen LogP contribution in [0.5, 0.6) is 0 Å². The van der Waals surface area contributed by atoms with E-state index in [1.807, 2.05) is 24.3 Å². The molecule has 3 heterocycles. The van der Waals surface area contributed by atoms with E-state index < -0.39 is 0 Å². The zero-order chi connectivity index (χ0) is 24.3. The summed E-state index contributed by atoms with van der Waals surface area (Å²) in [6.07, 6.45) is 7.20. The van der Waals surface area contributed by atoms with E-state index in [0.29, 0.717) is 0 Å². The summed E-state index contributed by atoms with van der Waals surface area (Å²) in [4.78, 5) is 15.5. The maximum atomic E-state index is 4.95. The molecule has 0 atom stereocenters. The van der Waals surface area contributed by atoms with Gasteiger partial charge in [0, 0.05) is 54.3 Å². The maximum absolute atomic E-state index is 4.95. The SMILES string of the molecule is CN(c1ccc(-c2cc(-c3ccncc3)nc(-c3ccncc3)c2)cc1)c1ccc2ccccc2c1. The maximum Gasteiger partial charge on any atom is 0.0716 e. The Morgan fingerprint density at radius 2 is 1.03 bits per heavy atom. The molecule has 3 aromatic carbocycles. The third kappa shape index (κ3) is 4.32. The van der Waals surface area contributed by atoms with Gasteiger partial charge in [-0.2, -0.15) is 0 Å². The van der Waals surface area contributed by atoms with Gasteiger partial charge in [-0.25, -0.2) is 4.98 Å². The number of rotatable bonds is 5. The lowest BCUT2D eigenvalue weighted by atomic mass is 10.0. The third-order valence-corrected chi connectivity index (χ3v) is 6.49. The number of fused-ring (bicyclic) bond motifs is 1. The van der Waals surface area contributed by atoms with E-state index in [1.165, 1.54) is 10.8 Å². The van der Waals surface area contributed by atoms with Gasteiger partial charge >= 0.3 is 0 Å². The van der Waals surface area contributed by atoms with Crippen molar-refractivity contribution in [2.75, 3.05) is 11.9 Å². The lowest BCUT2D eigenvalue weighted by Gasteiger charge is -2.20. The predicted octanol–water partition coefficient (Wildman–Crippen LogP) is 7.79. The Bertz CT molecular complexity index is 1570. The summed E-state index contributed by atoms with van der Waals surface area (Å²) in [5.41, 5.74) is 8.45. The standard InChI is InChI=1S/C32H24N4/c1-36(30-11-8-23-4-2-3-5-27(23)20-30)29-9-6-24(7-10-29)28-21-31(25-12-16-33-17-13-25)35-32(22-28)26-14-18-34-19-15-26/h2-22H,1H3. The molecule has 0 saturated heterocycles. The Morgan fingerprint density at radius 3 is 1.64 bits per heavy atom. The molecule has 0 aliphatic rings. The largest absolute Gasteiger partial charge is 0.345 e. The van der Waals surface area contributed by atoms with Crippen LogP contribution in [0.3, 0.4) is 0 Å². The summed E-state index contributed by atoms with van der Waals surface area (Å²) in [5.74, 6) is 0. The Kier molecular flexibility index (Phi) is 5.68. The molecule has 36 heavy (non-hydrogen) atoms. The summed E-state index contributed by atoms with van der Waals surface area (Å²) in [6.45, 7) is 0. The normalized spacial score (nSPS) is 10.9. The number of hydrogen-bond acceptors (Lipinski definition) is 4. The highest BCUT2D eigenvalue weighted by Crippen LogP contribution is 2.32. The first-order chi connectivity index (χ1) is 17.7. The first-order valence-corrected chi connectivity index (χ1v) is 11.9. The van der Waals surface area contributed by atoms with E-state index in [-0.39, 0.29) is 0 Å². The van der Waals surface area contributed by atoms with Crippen LogP contribution in [-0.2, 0) is 0 Å². The van der Waals surface area contributed by atoms with Crippen molar-refractivity contribution in [2.45, 2.75) is 0 Å². The van der Waals surface area contributed by atoms with Crippen LogP contribution in [0.1, 0.15) is 0 Å². The van der Waals surface area contributed by atoms with E-state index in [9.17, 15) is 0 Å². The van der Waals surface area contributed by atoms with E-state index in [2.05, 4.69) is 101 Å². The Morgan fingerprint density at radius 1 is 0.472 bits per heavy atom. The highest BCUT2D eigenvalue weighted by molar-refractivity contribution is 5.87. The smallest absolute Gasteiger partial charge is 0.0716 e. The molecule has 0 spiro atoms. The van der Waals surface area contributed by atoms with Gasteiger partial charge in [0.1, 0.15) is 0 Å². The number of benzene rings is 3. The molecular weight excluding hydrogens is 440 g/mol. The minimum atomic E-state index is 0.916. The molecule has 0 aliphatic heterocycles. The van der Waals surface area contributed by atoms with Gasteiger partial charge in [-0.05, 0) is 82.6 Å². The van der Waals surface area contributed by atoms with Crippen molar-refractivity contribution in [1.82, 2.24) is 15.0 Å². The molecule has 0 saturated carbocycles. The van der Waals surface area contributed by atoms with Crippen molar-refractivity contribution in [1.29, 1.82) is 0 Å². The molecule has 0 bridgehead atoms. The summed E-state index contributed by atoms with van der Waals surface area (Å²) in [6, 6.07) is 36.0. The molecule has 0 amide bonds. The van der Waals surface area contributed by atoms with Gasteiger partial charge in [0.05, 0.1) is 11.4 Å². The van der Waals surface area contributed by atoms with E-state index >= 15 is 0 Å². The topological polar surface area (TPSA) is 41.9 Å². The Balaban J connectivity index is 1.37. The summed E-state index contributed by atoms with van der Waals surface area (Å²) in [5, 5.41) is 2.49. The Labute approximate surface area is 210 Å². The number of hydrogen-bond donors (Lipinski definition) is 0.